The molecule has 0 heterocycles. The first kappa shape index (κ1) is 9.00. The van der Waals surface area contributed by atoms with Crippen LogP contribution in [0.2, 0.25) is 0 Å². The highest BCUT2D eigenvalue weighted by Crippen LogP contribution is 2.42. The third-order valence-electron chi connectivity index (χ3n) is 2.55. The molecule has 3 nitrogen and oxygen atoms in total. The number of nitrogens with one attached hydrogen (secondary N) is 1. The fourth-order valence-corrected chi connectivity index (χ4v) is 2.63. The van der Waals surface area contributed by atoms with Gasteiger partial charge in [-0.1, -0.05) is 6.92 Å². The van der Waals surface area contributed by atoms with E-state index in [2.05, 4.69) is 11.6 Å². The molecule has 11 heavy (non-hydrogen) atoms. The summed E-state index contributed by atoms with van der Waals surface area (Å²) in [6.45, 7) is 3.87. The van der Waals surface area contributed by atoms with Gasteiger partial charge in [-0.2, -0.15) is 0 Å². The first-order valence-corrected chi connectivity index (χ1v) is 5.46. The van der Waals surface area contributed by atoms with Crippen LogP contribution in [0.3, 0.4) is 0 Å². The van der Waals surface area contributed by atoms with E-state index >= 15 is 0 Å². The Kier molecular flexibility index (Phi) is 2.25. The van der Waals surface area contributed by atoms with Gasteiger partial charge in [-0.05, 0) is 32.2 Å². The summed E-state index contributed by atoms with van der Waals surface area (Å²) in [7, 11) is -1.55. The second-order valence-electron chi connectivity index (χ2n) is 3.33. The van der Waals surface area contributed by atoms with Gasteiger partial charge in [-0.15, -0.1) is 0 Å². The zero-order valence-electron chi connectivity index (χ0n) is 7.16. The number of hydrogen-bond acceptors (Lipinski definition) is 2. The third-order valence-corrected chi connectivity index (χ3v) is 4.45. The molecule has 0 radical (unpaired) electrons. The first-order valence-electron chi connectivity index (χ1n) is 3.91. The van der Waals surface area contributed by atoms with Crippen LogP contribution >= 0.6 is 0 Å². The molecule has 1 aliphatic rings. The smallest absolute Gasteiger partial charge is 0.214 e. The molecule has 0 amide bonds. The summed E-state index contributed by atoms with van der Waals surface area (Å²) in [5.74, 6) is 0.973. The van der Waals surface area contributed by atoms with Crippen molar-refractivity contribution in [2.24, 2.45) is 11.8 Å². The molecule has 0 spiro atoms. The average Bonchev–Trinajstić information content (AvgIpc) is 2.65. The number of rotatable bonds is 3. The van der Waals surface area contributed by atoms with Crippen molar-refractivity contribution in [3.63, 3.8) is 0 Å². The van der Waals surface area contributed by atoms with Crippen LogP contribution in [-0.4, -0.2) is 20.7 Å². The molecule has 1 rings (SSSR count). The molecule has 1 saturated carbocycles. The van der Waals surface area contributed by atoms with Crippen LogP contribution in [0.1, 0.15) is 20.3 Å². The van der Waals surface area contributed by atoms with E-state index in [1.807, 2.05) is 0 Å². The van der Waals surface area contributed by atoms with Crippen molar-refractivity contribution >= 4 is 10.0 Å². The molecule has 0 aromatic carbocycles. The molecule has 1 fully saturated rings. The molecule has 3 unspecified atom stereocenters. The average molecular weight is 177 g/mol. The van der Waals surface area contributed by atoms with E-state index in [4.69, 9.17) is 0 Å². The molecular formula is C7H15NO2S. The fraction of sp³-hybridized carbons (Fsp3) is 1.00. The van der Waals surface area contributed by atoms with Gasteiger partial charge in [0, 0.05) is 0 Å². The molecule has 3 atom stereocenters. The van der Waals surface area contributed by atoms with E-state index in [0.717, 1.165) is 6.42 Å². The molecule has 0 aromatic heterocycles. The topological polar surface area (TPSA) is 46.2 Å². The van der Waals surface area contributed by atoms with Gasteiger partial charge in [-0.3, -0.25) is 0 Å². The van der Waals surface area contributed by atoms with E-state index in [1.165, 1.54) is 7.05 Å². The lowest BCUT2D eigenvalue weighted by Crippen LogP contribution is -2.31. The Bertz CT molecular complexity index is 235. The van der Waals surface area contributed by atoms with Gasteiger partial charge in [0.2, 0.25) is 10.0 Å². The van der Waals surface area contributed by atoms with E-state index in [1.54, 1.807) is 6.92 Å². The Labute approximate surface area is 68.2 Å². The van der Waals surface area contributed by atoms with E-state index in [0.29, 0.717) is 11.8 Å². The minimum absolute atomic E-state index is 0.220. The monoisotopic (exact) mass is 177 g/mol. The standard InChI is InChI=1S/C7H15NO2S/c1-5-4-7(5)6(2)11(9,10)8-3/h5-8H,4H2,1-3H3. The molecule has 0 aromatic rings. The molecule has 0 aliphatic heterocycles. The Morgan fingerprint density at radius 1 is 1.55 bits per heavy atom. The SMILES string of the molecule is CNS(=O)(=O)C(C)C1CC1C. The number of sulfonamides is 1. The second kappa shape index (κ2) is 2.75. The maximum atomic E-state index is 11.2. The van der Waals surface area contributed by atoms with E-state index in [9.17, 15) is 8.42 Å². The van der Waals surface area contributed by atoms with Crippen molar-refractivity contribution in [3.8, 4) is 0 Å². The summed E-state index contributed by atoms with van der Waals surface area (Å²) in [5.41, 5.74) is 0. The largest absolute Gasteiger partial charge is 0.218 e. The molecule has 1 aliphatic carbocycles. The molecule has 4 heteroatoms. The van der Waals surface area contributed by atoms with Gasteiger partial charge in [0.25, 0.3) is 0 Å². The quantitative estimate of drug-likeness (QED) is 0.685. The molecule has 66 valence electrons. The van der Waals surface area contributed by atoms with Crippen LogP contribution in [0.15, 0.2) is 0 Å². The van der Waals surface area contributed by atoms with Crippen LogP contribution < -0.4 is 4.72 Å². The zero-order chi connectivity index (χ0) is 8.65. The van der Waals surface area contributed by atoms with E-state index in [-0.39, 0.29) is 5.25 Å². The predicted octanol–water partition coefficient (Wildman–Crippen LogP) is 0.580. The molecule has 1 N–H and O–H groups in total. The van der Waals surface area contributed by atoms with Gasteiger partial charge in [0.05, 0.1) is 5.25 Å². The minimum Gasteiger partial charge on any atom is -0.218 e. The first-order chi connectivity index (χ1) is 4.99. The highest BCUT2D eigenvalue weighted by Gasteiger charge is 2.42. The maximum absolute atomic E-state index is 11.2. The molecule has 0 bridgehead atoms. The van der Waals surface area contributed by atoms with Crippen molar-refractivity contribution in [2.75, 3.05) is 7.05 Å². The van der Waals surface area contributed by atoms with Crippen molar-refractivity contribution < 1.29 is 8.42 Å². The Hall–Kier alpha value is -0.0900. The van der Waals surface area contributed by atoms with Crippen LogP contribution in [-0.2, 0) is 10.0 Å². The summed E-state index contributed by atoms with van der Waals surface area (Å²) in [6.07, 6.45) is 1.06. The van der Waals surface area contributed by atoms with Gasteiger partial charge in [0.1, 0.15) is 0 Å². The third kappa shape index (κ3) is 1.73. The lowest BCUT2D eigenvalue weighted by atomic mass is 10.3. The zero-order valence-corrected chi connectivity index (χ0v) is 7.98. The normalized spacial score (nSPS) is 33.4. The predicted molar refractivity (Wildman–Crippen MR) is 44.7 cm³/mol. The fourth-order valence-electron chi connectivity index (χ4n) is 1.42. The molecular weight excluding hydrogens is 162 g/mol. The number of hydrogen-bond donors (Lipinski definition) is 1. The Morgan fingerprint density at radius 3 is 2.27 bits per heavy atom. The highest BCUT2D eigenvalue weighted by molar-refractivity contribution is 7.90. The van der Waals surface area contributed by atoms with Gasteiger partial charge in [0.15, 0.2) is 0 Å². The summed E-state index contributed by atoms with van der Waals surface area (Å²) >= 11 is 0. The Morgan fingerprint density at radius 2 is 2.00 bits per heavy atom. The van der Waals surface area contributed by atoms with Gasteiger partial charge < -0.3 is 0 Å². The summed E-state index contributed by atoms with van der Waals surface area (Å²) < 4.78 is 24.8. The summed E-state index contributed by atoms with van der Waals surface area (Å²) in [4.78, 5) is 0. The van der Waals surface area contributed by atoms with E-state index < -0.39 is 10.0 Å². The lowest BCUT2D eigenvalue weighted by Gasteiger charge is -2.09. The van der Waals surface area contributed by atoms with Crippen molar-refractivity contribution in [1.29, 1.82) is 0 Å². The minimum atomic E-state index is -3.02. The summed E-state index contributed by atoms with van der Waals surface area (Å²) in [5, 5.41) is -0.220. The lowest BCUT2D eigenvalue weighted by molar-refractivity contribution is 0.560. The molecule has 0 saturated heterocycles. The maximum Gasteiger partial charge on any atom is 0.214 e. The van der Waals surface area contributed by atoms with Crippen LogP contribution in [0.4, 0.5) is 0 Å². The van der Waals surface area contributed by atoms with Crippen molar-refractivity contribution in [1.82, 2.24) is 4.72 Å². The van der Waals surface area contributed by atoms with Crippen LogP contribution in [0, 0.1) is 11.8 Å². The highest BCUT2D eigenvalue weighted by atomic mass is 32.2. The van der Waals surface area contributed by atoms with Crippen molar-refractivity contribution in [3.05, 3.63) is 0 Å². The van der Waals surface area contributed by atoms with Crippen LogP contribution in [0.25, 0.3) is 0 Å². The van der Waals surface area contributed by atoms with Crippen molar-refractivity contribution in [2.45, 2.75) is 25.5 Å². The van der Waals surface area contributed by atoms with Crippen LogP contribution in [0.5, 0.6) is 0 Å². The second-order valence-corrected chi connectivity index (χ2v) is 5.57. The van der Waals surface area contributed by atoms with Gasteiger partial charge >= 0.3 is 0 Å². The summed E-state index contributed by atoms with van der Waals surface area (Å²) in [6, 6.07) is 0. The van der Waals surface area contributed by atoms with Gasteiger partial charge in [-0.25, -0.2) is 13.1 Å². The Balaban J connectivity index is 2.61.